The Bertz CT molecular complexity index is 434. The van der Waals surface area contributed by atoms with E-state index >= 15 is 0 Å². The first-order chi connectivity index (χ1) is 6.65. The van der Waals surface area contributed by atoms with Crippen LogP contribution in [0.25, 0.3) is 6.08 Å². The van der Waals surface area contributed by atoms with E-state index in [1.165, 1.54) is 4.88 Å². The minimum atomic E-state index is -0.166. The third-order valence-corrected chi connectivity index (χ3v) is 2.92. The van der Waals surface area contributed by atoms with Gasteiger partial charge in [-0.15, -0.1) is 11.3 Å². The summed E-state index contributed by atoms with van der Waals surface area (Å²) in [5.41, 5.74) is 0.511. The zero-order valence-electron chi connectivity index (χ0n) is 7.46. The molecule has 3 nitrogen and oxygen atoms in total. The smallest absolute Gasteiger partial charge is 0.273 e. The van der Waals surface area contributed by atoms with E-state index in [1.807, 2.05) is 19.1 Å². The van der Waals surface area contributed by atoms with Crippen molar-refractivity contribution in [1.29, 1.82) is 0 Å². The van der Waals surface area contributed by atoms with Crippen molar-refractivity contribution in [2.45, 2.75) is 6.92 Å². The second-order valence-corrected chi connectivity index (χ2v) is 4.64. The molecular weight excluding hydrogens is 216 g/mol. The SMILES string of the molecule is Cc1ccc(/C=C2\NC(=S)NC2=O)s1. The lowest BCUT2D eigenvalue weighted by molar-refractivity contribution is -0.115. The van der Waals surface area contributed by atoms with Crippen LogP contribution in [0.3, 0.4) is 0 Å². The molecule has 5 heteroatoms. The Morgan fingerprint density at radius 1 is 1.43 bits per heavy atom. The molecule has 0 unspecified atom stereocenters. The Morgan fingerprint density at radius 3 is 2.71 bits per heavy atom. The summed E-state index contributed by atoms with van der Waals surface area (Å²) < 4.78 is 0. The highest BCUT2D eigenvalue weighted by atomic mass is 32.1. The largest absolute Gasteiger partial charge is 0.328 e. The Hall–Kier alpha value is -1.20. The van der Waals surface area contributed by atoms with E-state index in [1.54, 1.807) is 17.4 Å². The van der Waals surface area contributed by atoms with Crippen molar-refractivity contribution < 1.29 is 4.79 Å². The standard InChI is InChI=1S/C9H8N2OS2/c1-5-2-3-6(14-5)4-7-8(12)11-9(13)10-7/h2-4H,1H3,(H2,10,11,12,13)/b7-4-. The maximum absolute atomic E-state index is 11.3. The van der Waals surface area contributed by atoms with Crippen LogP contribution in [-0.4, -0.2) is 11.0 Å². The van der Waals surface area contributed by atoms with Gasteiger partial charge < -0.3 is 5.32 Å². The Kier molecular flexibility index (Phi) is 2.35. The van der Waals surface area contributed by atoms with Gasteiger partial charge in [0, 0.05) is 9.75 Å². The molecule has 0 saturated carbocycles. The second-order valence-electron chi connectivity index (χ2n) is 2.91. The van der Waals surface area contributed by atoms with Crippen molar-refractivity contribution >= 4 is 40.7 Å². The summed E-state index contributed by atoms with van der Waals surface area (Å²) in [6.07, 6.45) is 1.80. The molecule has 1 amide bonds. The third-order valence-electron chi connectivity index (χ3n) is 1.77. The number of thiophene rings is 1. The van der Waals surface area contributed by atoms with Gasteiger partial charge in [0.15, 0.2) is 5.11 Å². The number of hydrogen-bond acceptors (Lipinski definition) is 3. The normalized spacial score (nSPS) is 18.5. The summed E-state index contributed by atoms with van der Waals surface area (Å²) in [5, 5.41) is 5.68. The summed E-state index contributed by atoms with van der Waals surface area (Å²) in [6.45, 7) is 2.03. The van der Waals surface area contributed by atoms with Crippen LogP contribution in [0.5, 0.6) is 0 Å². The average molecular weight is 224 g/mol. The van der Waals surface area contributed by atoms with Crippen molar-refractivity contribution in [3.63, 3.8) is 0 Å². The lowest BCUT2D eigenvalue weighted by Gasteiger charge is -1.91. The van der Waals surface area contributed by atoms with Crippen LogP contribution in [0.1, 0.15) is 9.75 Å². The number of amides is 1. The molecule has 0 atom stereocenters. The van der Waals surface area contributed by atoms with Crippen LogP contribution in [0.15, 0.2) is 17.8 Å². The molecule has 2 heterocycles. The zero-order valence-corrected chi connectivity index (χ0v) is 9.09. The van der Waals surface area contributed by atoms with Crippen LogP contribution in [0.4, 0.5) is 0 Å². The fourth-order valence-corrected chi connectivity index (χ4v) is 2.18. The van der Waals surface area contributed by atoms with E-state index in [0.717, 1.165) is 4.88 Å². The number of carbonyl (C=O) groups is 1. The predicted octanol–water partition coefficient (Wildman–Crippen LogP) is 1.40. The molecule has 2 N–H and O–H groups in total. The van der Waals surface area contributed by atoms with Crippen LogP contribution in [0, 0.1) is 6.92 Å². The number of nitrogens with one attached hydrogen (secondary N) is 2. The highest BCUT2D eigenvalue weighted by Gasteiger charge is 2.19. The number of thiocarbonyl (C=S) groups is 1. The highest BCUT2D eigenvalue weighted by molar-refractivity contribution is 7.80. The maximum Gasteiger partial charge on any atom is 0.273 e. The van der Waals surface area contributed by atoms with Crippen molar-refractivity contribution in [2.75, 3.05) is 0 Å². The second kappa shape index (κ2) is 3.51. The summed E-state index contributed by atoms with van der Waals surface area (Å²) >= 11 is 6.45. The van der Waals surface area contributed by atoms with Gasteiger partial charge >= 0.3 is 0 Å². The van der Waals surface area contributed by atoms with Gasteiger partial charge in [0.05, 0.1) is 0 Å². The third kappa shape index (κ3) is 1.83. The number of aryl methyl sites for hydroxylation is 1. The Labute approximate surface area is 90.8 Å². The van der Waals surface area contributed by atoms with E-state index in [4.69, 9.17) is 12.2 Å². The summed E-state index contributed by atoms with van der Waals surface area (Å²) in [6, 6.07) is 3.99. The van der Waals surface area contributed by atoms with Gasteiger partial charge in [-0.1, -0.05) is 0 Å². The van der Waals surface area contributed by atoms with E-state index in [9.17, 15) is 4.79 Å². The average Bonchev–Trinajstić information content (AvgIpc) is 2.61. The van der Waals surface area contributed by atoms with Gasteiger partial charge in [0.1, 0.15) is 5.70 Å². The molecule has 1 saturated heterocycles. The van der Waals surface area contributed by atoms with Crippen molar-refractivity contribution in [2.24, 2.45) is 0 Å². The first-order valence-electron chi connectivity index (χ1n) is 4.05. The van der Waals surface area contributed by atoms with Crippen LogP contribution < -0.4 is 10.6 Å². The molecule has 2 rings (SSSR count). The first-order valence-corrected chi connectivity index (χ1v) is 5.28. The van der Waals surface area contributed by atoms with Crippen LogP contribution in [0.2, 0.25) is 0 Å². The zero-order chi connectivity index (χ0) is 10.1. The van der Waals surface area contributed by atoms with E-state index in [-0.39, 0.29) is 5.91 Å². The lowest BCUT2D eigenvalue weighted by Crippen LogP contribution is -2.21. The molecule has 1 aromatic heterocycles. The number of hydrogen-bond donors (Lipinski definition) is 2. The fourth-order valence-electron chi connectivity index (χ4n) is 1.16. The molecule has 1 aromatic rings. The summed E-state index contributed by atoms with van der Waals surface area (Å²) in [7, 11) is 0. The molecule has 14 heavy (non-hydrogen) atoms. The molecule has 1 aliphatic heterocycles. The van der Waals surface area contributed by atoms with E-state index in [0.29, 0.717) is 10.8 Å². The van der Waals surface area contributed by atoms with Crippen LogP contribution >= 0.6 is 23.6 Å². The predicted molar refractivity (Wildman–Crippen MR) is 60.9 cm³/mol. The molecule has 0 bridgehead atoms. The quantitative estimate of drug-likeness (QED) is 0.559. The molecular formula is C9H8N2OS2. The Balaban J connectivity index is 2.27. The van der Waals surface area contributed by atoms with Crippen molar-refractivity contribution in [1.82, 2.24) is 10.6 Å². The van der Waals surface area contributed by atoms with Gasteiger partial charge in [0.2, 0.25) is 0 Å². The monoisotopic (exact) mass is 224 g/mol. The van der Waals surface area contributed by atoms with Gasteiger partial charge in [-0.3, -0.25) is 10.1 Å². The molecule has 0 radical (unpaired) electrons. The fraction of sp³-hybridized carbons (Fsp3) is 0.111. The summed E-state index contributed by atoms with van der Waals surface area (Å²) in [5.74, 6) is -0.166. The van der Waals surface area contributed by atoms with Gasteiger partial charge in [0.25, 0.3) is 5.91 Å². The van der Waals surface area contributed by atoms with Gasteiger partial charge in [-0.05, 0) is 37.4 Å². The summed E-state index contributed by atoms with van der Waals surface area (Å²) in [4.78, 5) is 13.5. The maximum atomic E-state index is 11.3. The van der Waals surface area contributed by atoms with Crippen molar-refractivity contribution in [3.8, 4) is 0 Å². The van der Waals surface area contributed by atoms with E-state index < -0.39 is 0 Å². The minimum absolute atomic E-state index is 0.166. The topological polar surface area (TPSA) is 41.1 Å². The van der Waals surface area contributed by atoms with Crippen molar-refractivity contribution in [3.05, 3.63) is 27.6 Å². The molecule has 0 spiro atoms. The molecule has 1 aliphatic rings. The number of carbonyl (C=O) groups excluding carboxylic acids is 1. The first kappa shape index (κ1) is 9.36. The molecule has 0 aliphatic carbocycles. The molecule has 0 aromatic carbocycles. The lowest BCUT2D eigenvalue weighted by atomic mass is 10.3. The van der Waals surface area contributed by atoms with Gasteiger partial charge in [-0.25, -0.2) is 0 Å². The van der Waals surface area contributed by atoms with Gasteiger partial charge in [-0.2, -0.15) is 0 Å². The molecule has 72 valence electrons. The highest BCUT2D eigenvalue weighted by Crippen LogP contribution is 2.18. The van der Waals surface area contributed by atoms with E-state index in [2.05, 4.69) is 10.6 Å². The Morgan fingerprint density at radius 2 is 2.21 bits per heavy atom. The minimum Gasteiger partial charge on any atom is -0.328 e. The molecule has 1 fully saturated rings. The number of rotatable bonds is 1. The van der Waals surface area contributed by atoms with Crippen LogP contribution in [-0.2, 0) is 4.79 Å².